The number of rotatable bonds is 4. The first-order chi connectivity index (χ1) is 9.40. The second-order valence-electron chi connectivity index (χ2n) is 3.95. The minimum absolute atomic E-state index is 0.0439. The van der Waals surface area contributed by atoms with Crippen molar-refractivity contribution in [1.82, 2.24) is 9.71 Å². The van der Waals surface area contributed by atoms with Gasteiger partial charge in [0.05, 0.1) is 32.9 Å². The van der Waals surface area contributed by atoms with Crippen LogP contribution in [0.3, 0.4) is 0 Å². The lowest BCUT2D eigenvalue weighted by Gasteiger charge is -2.09. The molecule has 0 amide bonds. The van der Waals surface area contributed by atoms with Crippen LogP contribution in [0.1, 0.15) is 5.69 Å². The fourth-order valence-corrected chi connectivity index (χ4v) is 3.14. The molecule has 0 aliphatic rings. The summed E-state index contributed by atoms with van der Waals surface area (Å²) < 4.78 is 26.7. The number of pyridine rings is 1. The Morgan fingerprint density at radius 1 is 1.20 bits per heavy atom. The number of nitrogens with two attached hydrogens (primary N) is 1. The Kier molecular flexibility index (Phi) is 4.49. The average Bonchev–Trinajstić information content (AvgIpc) is 2.43. The van der Waals surface area contributed by atoms with Gasteiger partial charge in [0.15, 0.2) is 0 Å². The maximum absolute atomic E-state index is 12.1. The predicted molar refractivity (Wildman–Crippen MR) is 79.1 cm³/mol. The summed E-state index contributed by atoms with van der Waals surface area (Å²) in [5, 5.41) is 0.187. The van der Waals surface area contributed by atoms with E-state index in [2.05, 4.69) is 9.71 Å². The molecule has 106 valence electrons. The Balaban J connectivity index is 2.23. The molecule has 2 aromatic rings. The molecule has 0 spiro atoms. The lowest BCUT2D eigenvalue weighted by molar-refractivity contribution is 0.580. The van der Waals surface area contributed by atoms with E-state index in [-0.39, 0.29) is 27.2 Å². The number of sulfonamides is 1. The normalized spacial score (nSPS) is 11.5. The van der Waals surface area contributed by atoms with Crippen molar-refractivity contribution < 1.29 is 8.42 Å². The van der Waals surface area contributed by atoms with Gasteiger partial charge in [0.2, 0.25) is 10.0 Å². The standard InChI is InChI=1S/C12H11Cl2N3O2S/c13-10-5-9(6-11(14)12(10)15)20(18,19)17-7-8-3-1-2-4-16-8/h1-6,17H,7,15H2. The maximum atomic E-state index is 12.1. The summed E-state index contributed by atoms with van der Waals surface area (Å²) in [6, 6.07) is 7.74. The van der Waals surface area contributed by atoms with Gasteiger partial charge in [-0.05, 0) is 24.3 Å². The maximum Gasteiger partial charge on any atom is 0.241 e. The van der Waals surface area contributed by atoms with Gasteiger partial charge in [-0.2, -0.15) is 0 Å². The van der Waals surface area contributed by atoms with E-state index < -0.39 is 10.0 Å². The van der Waals surface area contributed by atoms with Crippen molar-refractivity contribution >= 4 is 38.9 Å². The molecule has 1 aromatic heterocycles. The number of halogens is 2. The van der Waals surface area contributed by atoms with E-state index >= 15 is 0 Å². The van der Waals surface area contributed by atoms with Crippen LogP contribution in [-0.2, 0) is 16.6 Å². The van der Waals surface area contributed by atoms with Crippen LogP contribution in [0.25, 0.3) is 0 Å². The Bertz CT molecular complexity index is 698. The molecule has 0 unspecified atom stereocenters. The van der Waals surface area contributed by atoms with Crippen LogP contribution >= 0.6 is 23.2 Å². The van der Waals surface area contributed by atoms with E-state index in [0.717, 1.165) is 0 Å². The largest absolute Gasteiger partial charge is 0.396 e. The Morgan fingerprint density at radius 2 is 1.85 bits per heavy atom. The zero-order valence-electron chi connectivity index (χ0n) is 10.2. The zero-order valence-corrected chi connectivity index (χ0v) is 12.5. The van der Waals surface area contributed by atoms with Crippen LogP contribution in [0.4, 0.5) is 5.69 Å². The third kappa shape index (κ3) is 3.40. The summed E-state index contributed by atoms with van der Waals surface area (Å²) in [7, 11) is -3.73. The van der Waals surface area contributed by atoms with Crippen LogP contribution < -0.4 is 10.5 Å². The predicted octanol–water partition coefficient (Wildman–Crippen LogP) is 2.45. The van der Waals surface area contributed by atoms with Gasteiger partial charge in [0.1, 0.15) is 0 Å². The van der Waals surface area contributed by atoms with Crippen molar-refractivity contribution in [2.45, 2.75) is 11.4 Å². The zero-order chi connectivity index (χ0) is 14.8. The number of hydrogen-bond donors (Lipinski definition) is 2. The highest BCUT2D eigenvalue weighted by atomic mass is 35.5. The lowest BCUT2D eigenvalue weighted by Crippen LogP contribution is -2.23. The summed E-state index contributed by atoms with van der Waals surface area (Å²) in [4.78, 5) is 3.98. The van der Waals surface area contributed by atoms with Crippen molar-refractivity contribution in [3.05, 3.63) is 52.3 Å². The van der Waals surface area contributed by atoms with Gasteiger partial charge >= 0.3 is 0 Å². The van der Waals surface area contributed by atoms with Gasteiger partial charge < -0.3 is 5.73 Å². The lowest BCUT2D eigenvalue weighted by atomic mass is 10.3. The van der Waals surface area contributed by atoms with E-state index in [0.29, 0.717) is 5.69 Å². The number of nitrogens with zero attached hydrogens (tertiary/aromatic N) is 1. The molecule has 0 atom stereocenters. The van der Waals surface area contributed by atoms with Gasteiger partial charge in [-0.1, -0.05) is 29.3 Å². The van der Waals surface area contributed by atoms with Gasteiger partial charge in [-0.15, -0.1) is 0 Å². The van der Waals surface area contributed by atoms with Crippen molar-refractivity contribution in [3.8, 4) is 0 Å². The van der Waals surface area contributed by atoms with Crippen molar-refractivity contribution in [2.24, 2.45) is 0 Å². The molecule has 5 nitrogen and oxygen atoms in total. The fourth-order valence-electron chi connectivity index (χ4n) is 1.47. The summed E-state index contributed by atoms with van der Waals surface area (Å²) >= 11 is 11.7. The molecule has 1 aromatic carbocycles. The van der Waals surface area contributed by atoms with E-state index in [1.165, 1.54) is 12.1 Å². The van der Waals surface area contributed by atoms with E-state index in [1.54, 1.807) is 24.4 Å². The Hall–Kier alpha value is -1.34. The smallest absolute Gasteiger partial charge is 0.241 e. The van der Waals surface area contributed by atoms with E-state index in [9.17, 15) is 8.42 Å². The average molecular weight is 332 g/mol. The van der Waals surface area contributed by atoms with Gasteiger partial charge in [-0.3, -0.25) is 4.98 Å². The molecule has 20 heavy (non-hydrogen) atoms. The third-order valence-electron chi connectivity index (χ3n) is 2.53. The quantitative estimate of drug-likeness (QED) is 0.842. The number of benzene rings is 1. The van der Waals surface area contributed by atoms with Crippen LogP contribution in [0.5, 0.6) is 0 Å². The molecule has 0 fully saturated rings. The van der Waals surface area contributed by atoms with Gasteiger partial charge in [0.25, 0.3) is 0 Å². The molecular formula is C12H11Cl2N3O2S. The molecule has 1 heterocycles. The highest BCUT2D eigenvalue weighted by Gasteiger charge is 2.17. The van der Waals surface area contributed by atoms with E-state index in [4.69, 9.17) is 28.9 Å². The SMILES string of the molecule is Nc1c(Cl)cc(S(=O)(=O)NCc2ccccn2)cc1Cl. The Morgan fingerprint density at radius 3 is 2.40 bits per heavy atom. The highest BCUT2D eigenvalue weighted by molar-refractivity contribution is 7.89. The molecule has 0 saturated heterocycles. The molecule has 2 rings (SSSR count). The number of hydrogen-bond acceptors (Lipinski definition) is 4. The minimum Gasteiger partial charge on any atom is -0.396 e. The molecule has 0 aliphatic carbocycles. The topological polar surface area (TPSA) is 85.1 Å². The van der Waals surface area contributed by atoms with Crippen molar-refractivity contribution in [3.63, 3.8) is 0 Å². The number of anilines is 1. The van der Waals surface area contributed by atoms with E-state index in [1.807, 2.05) is 0 Å². The van der Waals surface area contributed by atoms with Crippen LogP contribution in [0.2, 0.25) is 10.0 Å². The number of nitrogen functional groups attached to an aromatic ring is 1. The third-order valence-corrected chi connectivity index (χ3v) is 4.54. The molecule has 8 heteroatoms. The first kappa shape index (κ1) is 15.1. The molecule has 0 bridgehead atoms. The summed E-state index contributed by atoms with van der Waals surface area (Å²) in [6.45, 7) is 0.0722. The summed E-state index contributed by atoms with van der Waals surface area (Å²) in [5.74, 6) is 0. The molecule has 0 saturated carbocycles. The van der Waals surface area contributed by atoms with Crippen LogP contribution in [-0.4, -0.2) is 13.4 Å². The van der Waals surface area contributed by atoms with Gasteiger partial charge in [-0.25, -0.2) is 13.1 Å². The summed E-state index contributed by atoms with van der Waals surface area (Å²) in [6.07, 6.45) is 1.58. The number of aromatic nitrogens is 1. The summed E-state index contributed by atoms with van der Waals surface area (Å²) in [5.41, 5.74) is 6.32. The van der Waals surface area contributed by atoms with Crippen LogP contribution in [0.15, 0.2) is 41.4 Å². The van der Waals surface area contributed by atoms with Crippen molar-refractivity contribution in [1.29, 1.82) is 0 Å². The van der Waals surface area contributed by atoms with Crippen LogP contribution in [0, 0.1) is 0 Å². The molecular weight excluding hydrogens is 321 g/mol. The monoisotopic (exact) mass is 331 g/mol. The molecule has 0 radical (unpaired) electrons. The first-order valence-electron chi connectivity index (χ1n) is 5.54. The fraction of sp³-hybridized carbons (Fsp3) is 0.0833. The minimum atomic E-state index is -3.73. The molecule has 0 aliphatic heterocycles. The Labute approximate surface area is 126 Å². The molecule has 3 N–H and O–H groups in total. The first-order valence-corrected chi connectivity index (χ1v) is 7.78. The second-order valence-corrected chi connectivity index (χ2v) is 6.53. The number of nitrogens with one attached hydrogen (secondary N) is 1. The highest BCUT2D eigenvalue weighted by Crippen LogP contribution is 2.30. The van der Waals surface area contributed by atoms with Gasteiger partial charge in [0, 0.05) is 6.20 Å². The van der Waals surface area contributed by atoms with Crippen molar-refractivity contribution in [2.75, 3.05) is 5.73 Å². The second kappa shape index (κ2) is 5.97.